The highest BCUT2D eigenvalue weighted by molar-refractivity contribution is 7.99. The van der Waals surface area contributed by atoms with Crippen LogP contribution in [-0.4, -0.2) is 33.3 Å². The van der Waals surface area contributed by atoms with Crippen molar-refractivity contribution in [2.24, 2.45) is 5.92 Å². The van der Waals surface area contributed by atoms with Gasteiger partial charge in [0.05, 0.1) is 23.7 Å². The Labute approximate surface area is 168 Å². The number of rotatable bonds is 6. The van der Waals surface area contributed by atoms with Crippen molar-refractivity contribution in [1.82, 2.24) is 15.0 Å². The van der Waals surface area contributed by atoms with Crippen molar-refractivity contribution in [3.63, 3.8) is 0 Å². The van der Waals surface area contributed by atoms with Gasteiger partial charge in [0.15, 0.2) is 5.16 Å². The Morgan fingerprint density at radius 1 is 1.39 bits per heavy atom. The van der Waals surface area contributed by atoms with Crippen molar-refractivity contribution < 1.29 is 9.53 Å². The molecule has 0 radical (unpaired) electrons. The molecular formula is C20H24N4O3S. The molecule has 7 nitrogen and oxygen atoms in total. The van der Waals surface area contributed by atoms with Gasteiger partial charge < -0.3 is 15.0 Å². The number of hydrogen-bond acceptors (Lipinski definition) is 7. The van der Waals surface area contributed by atoms with Gasteiger partial charge in [-0.1, -0.05) is 31.7 Å². The van der Waals surface area contributed by atoms with Crippen LogP contribution >= 0.6 is 11.8 Å². The summed E-state index contributed by atoms with van der Waals surface area (Å²) < 4.78 is 5.25. The molecule has 0 aromatic carbocycles. The molecule has 0 fully saturated rings. The number of nitrogens with one attached hydrogen (secondary N) is 2. The first kappa shape index (κ1) is 20.1. The van der Waals surface area contributed by atoms with Crippen molar-refractivity contribution in [2.75, 3.05) is 17.7 Å². The zero-order chi connectivity index (χ0) is 20.3. The monoisotopic (exact) mass is 400 g/mol. The lowest BCUT2D eigenvalue weighted by molar-refractivity contribution is -0.138. The second-order valence-electron chi connectivity index (χ2n) is 6.94. The van der Waals surface area contributed by atoms with E-state index in [1.165, 1.54) is 11.8 Å². The van der Waals surface area contributed by atoms with E-state index in [1.54, 1.807) is 32.3 Å². The number of carbonyl (C=O) groups excluding carboxylic acids is 1. The standard InChI is InChI=1S/C20H24N4O3S/c1-5-27-19(26)14-12(4)22-17-16(15(14)13-7-6-8-21-9-13)18(25)24-20(23-17)28-10-11(2)3/h6-9,11,15H,5,10H2,1-4H3,(H2,22,23,24,25)/t15-/m0/s1. The SMILES string of the molecule is CCOC(=O)C1=C(C)Nc2nc(SCC(C)C)[nH]c(=O)c2[C@H]1c1cccnc1. The van der Waals surface area contributed by atoms with Gasteiger partial charge in [0.2, 0.25) is 0 Å². The van der Waals surface area contributed by atoms with Crippen molar-refractivity contribution >= 4 is 23.5 Å². The molecule has 2 aromatic heterocycles. The minimum absolute atomic E-state index is 0.252. The number of fused-ring (bicyclic) bond motifs is 1. The van der Waals surface area contributed by atoms with Gasteiger partial charge in [0.25, 0.3) is 5.56 Å². The van der Waals surface area contributed by atoms with Gasteiger partial charge in [-0.15, -0.1) is 0 Å². The van der Waals surface area contributed by atoms with Crippen LogP contribution in [0.2, 0.25) is 0 Å². The fourth-order valence-electron chi connectivity index (χ4n) is 3.10. The topological polar surface area (TPSA) is 97.0 Å². The summed E-state index contributed by atoms with van der Waals surface area (Å²) in [5, 5.41) is 3.69. The molecule has 1 atom stereocenters. The summed E-state index contributed by atoms with van der Waals surface area (Å²) in [4.78, 5) is 37.3. The van der Waals surface area contributed by atoms with Gasteiger partial charge in [-0.3, -0.25) is 9.78 Å². The number of carbonyl (C=O) groups is 1. The molecule has 28 heavy (non-hydrogen) atoms. The zero-order valence-corrected chi connectivity index (χ0v) is 17.2. The molecule has 0 amide bonds. The molecular weight excluding hydrogens is 376 g/mol. The van der Waals surface area contributed by atoms with Gasteiger partial charge in [-0.25, -0.2) is 9.78 Å². The van der Waals surface area contributed by atoms with Crippen LogP contribution in [0.5, 0.6) is 0 Å². The van der Waals surface area contributed by atoms with Gasteiger partial charge >= 0.3 is 5.97 Å². The van der Waals surface area contributed by atoms with Crippen LogP contribution in [0.25, 0.3) is 0 Å². The third-order valence-corrected chi connectivity index (χ3v) is 5.59. The van der Waals surface area contributed by atoms with Crippen molar-refractivity contribution in [1.29, 1.82) is 0 Å². The average molecular weight is 401 g/mol. The summed E-state index contributed by atoms with van der Waals surface area (Å²) in [5.74, 6) is 0.736. The van der Waals surface area contributed by atoms with Crippen molar-refractivity contribution in [3.05, 3.63) is 57.3 Å². The predicted octanol–water partition coefficient (Wildman–Crippen LogP) is 3.31. The van der Waals surface area contributed by atoms with E-state index in [9.17, 15) is 9.59 Å². The number of anilines is 1. The molecule has 0 spiro atoms. The first-order valence-corrected chi connectivity index (χ1v) is 10.2. The zero-order valence-electron chi connectivity index (χ0n) is 16.4. The van der Waals surface area contributed by atoms with E-state index in [1.807, 2.05) is 6.07 Å². The number of aromatic amines is 1. The molecule has 0 unspecified atom stereocenters. The number of H-pyrrole nitrogens is 1. The van der Waals surface area contributed by atoms with Crippen LogP contribution in [0.1, 0.15) is 44.7 Å². The van der Waals surface area contributed by atoms with Crippen LogP contribution < -0.4 is 10.9 Å². The fraction of sp³-hybridized carbons (Fsp3) is 0.400. The molecule has 2 aromatic rings. The number of thioether (sulfide) groups is 1. The quantitative estimate of drug-likeness (QED) is 0.436. The maximum absolute atomic E-state index is 13.0. The first-order valence-electron chi connectivity index (χ1n) is 9.24. The lowest BCUT2D eigenvalue weighted by atomic mass is 9.83. The molecule has 0 aliphatic carbocycles. The Morgan fingerprint density at radius 2 is 2.18 bits per heavy atom. The van der Waals surface area contributed by atoms with Crippen LogP contribution in [0.3, 0.4) is 0 Å². The van der Waals surface area contributed by atoms with Gasteiger partial charge in [0, 0.05) is 23.8 Å². The molecule has 1 aliphatic heterocycles. The second-order valence-corrected chi connectivity index (χ2v) is 7.95. The van der Waals surface area contributed by atoms with Crippen LogP contribution in [0.4, 0.5) is 5.82 Å². The maximum atomic E-state index is 13.0. The highest BCUT2D eigenvalue weighted by Crippen LogP contribution is 2.39. The van der Waals surface area contributed by atoms with E-state index in [0.29, 0.717) is 33.7 Å². The number of esters is 1. The Hall–Kier alpha value is -2.61. The molecule has 1 aliphatic rings. The average Bonchev–Trinajstić information content (AvgIpc) is 2.66. The number of nitrogens with zero attached hydrogens (tertiary/aromatic N) is 2. The second kappa shape index (κ2) is 8.60. The van der Waals surface area contributed by atoms with Crippen LogP contribution in [0, 0.1) is 5.92 Å². The third kappa shape index (κ3) is 4.11. The van der Waals surface area contributed by atoms with Crippen molar-refractivity contribution in [2.45, 2.75) is 38.8 Å². The summed E-state index contributed by atoms with van der Waals surface area (Å²) in [6.07, 6.45) is 3.31. The van der Waals surface area contributed by atoms with Crippen LogP contribution in [-0.2, 0) is 9.53 Å². The van der Waals surface area contributed by atoms with Gasteiger partial charge in [-0.05, 0) is 31.4 Å². The highest BCUT2D eigenvalue weighted by Gasteiger charge is 2.36. The number of hydrogen-bond donors (Lipinski definition) is 2. The Bertz CT molecular complexity index is 954. The summed E-state index contributed by atoms with van der Waals surface area (Å²) in [6, 6.07) is 3.63. The summed E-state index contributed by atoms with van der Waals surface area (Å²) in [6.45, 7) is 8.02. The molecule has 0 saturated carbocycles. The first-order chi connectivity index (χ1) is 13.4. The Kier molecular flexibility index (Phi) is 6.18. The van der Waals surface area contributed by atoms with E-state index in [-0.39, 0.29) is 12.2 Å². The minimum Gasteiger partial charge on any atom is -0.463 e. The van der Waals surface area contributed by atoms with Gasteiger partial charge in [0.1, 0.15) is 5.82 Å². The number of allylic oxidation sites excluding steroid dienone is 1. The van der Waals surface area contributed by atoms with E-state index < -0.39 is 11.9 Å². The number of pyridine rings is 1. The molecule has 3 rings (SSSR count). The molecule has 148 valence electrons. The smallest absolute Gasteiger partial charge is 0.336 e. The minimum atomic E-state index is -0.593. The number of ether oxygens (including phenoxy) is 1. The summed E-state index contributed by atoms with van der Waals surface area (Å²) >= 11 is 1.50. The largest absolute Gasteiger partial charge is 0.463 e. The maximum Gasteiger partial charge on any atom is 0.336 e. The van der Waals surface area contributed by atoms with Crippen molar-refractivity contribution in [3.8, 4) is 0 Å². The summed E-state index contributed by atoms with van der Waals surface area (Å²) in [7, 11) is 0. The number of aromatic nitrogens is 3. The highest BCUT2D eigenvalue weighted by atomic mass is 32.2. The van der Waals surface area contributed by atoms with Crippen LogP contribution in [0.15, 0.2) is 45.7 Å². The fourth-order valence-corrected chi connectivity index (χ4v) is 3.92. The van der Waals surface area contributed by atoms with E-state index in [0.717, 1.165) is 11.3 Å². The van der Waals surface area contributed by atoms with E-state index in [4.69, 9.17) is 4.74 Å². The Balaban J connectivity index is 2.14. The predicted molar refractivity (Wildman–Crippen MR) is 109 cm³/mol. The molecule has 8 heteroatoms. The molecule has 2 N–H and O–H groups in total. The summed E-state index contributed by atoms with van der Waals surface area (Å²) in [5.41, 5.74) is 1.89. The van der Waals surface area contributed by atoms with E-state index >= 15 is 0 Å². The molecule has 0 bridgehead atoms. The van der Waals surface area contributed by atoms with Gasteiger partial charge in [-0.2, -0.15) is 0 Å². The normalized spacial score (nSPS) is 16.0. The lowest BCUT2D eigenvalue weighted by Gasteiger charge is -2.28. The lowest BCUT2D eigenvalue weighted by Crippen LogP contribution is -2.31. The molecule has 3 heterocycles. The molecule has 0 saturated heterocycles. The third-order valence-electron chi connectivity index (χ3n) is 4.29. The van der Waals surface area contributed by atoms with E-state index in [2.05, 4.69) is 34.1 Å². The Morgan fingerprint density at radius 3 is 2.82 bits per heavy atom.